The number of anilines is 1. The number of urea groups is 1. The number of imide groups is 1. The van der Waals surface area contributed by atoms with Crippen molar-refractivity contribution in [2.75, 3.05) is 12.4 Å². The van der Waals surface area contributed by atoms with Gasteiger partial charge in [-0.1, -0.05) is 12.1 Å². The number of nitrogens with zero attached hydrogens (tertiary/aromatic N) is 1. The van der Waals surface area contributed by atoms with Gasteiger partial charge in [-0.15, -0.1) is 0 Å². The van der Waals surface area contributed by atoms with Crippen molar-refractivity contribution in [1.29, 1.82) is 0 Å². The van der Waals surface area contributed by atoms with E-state index in [2.05, 4.69) is 16.0 Å². The molecule has 1 fully saturated rings. The van der Waals surface area contributed by atoms with E-state index in [1.54, 1.807) is 25.3 Å². The lowest BCUT2D eigenvalue weighted by molar-refractivity contribution is -0.136. The molecule has 0 aromatic heterocycles. The minimum atomic E-state index is -0.669. The minimum Gasteiger partial charge on any atom is -0.497 e. The minimum absolute atomic E-state index is 0.204. The number of piperidine rings is 1. The Morgan fingerprint density at radius 3 is 2.59 bits per heavy atom. The quantitative estimate of drug-likeness (QED) is 0.622. The van der Waals surface area contributed by atoms with Gasteiger partial charge >= 0.3 is 6.03 Å². The molecule has 2 aliphatic heterocycles. The topological polar surface area (TPSA) is 117 Å². The first-order chi connectivity index (χ1) is 15.4. The summed E-state index contributed by atoms with van der Waals surface area (Å²) in [5.41, 5.74) is 2.69. The highest BCUT2D eigenvalue weighted by molar-refractivity contribution is 6.05. The summed E-state index contributed by atoms with van der Waals surface area (Å²) >= 11 is 0. The molecule has 2 aromatic carbocycles. The zero-order valence-electron chi connectivity index (χ0n) is 17.8. The lowest BCUT2D eigenvalue weighted by Gasteiger charge is -2.29. The van der Waals surface area contributed by atoms with Crippen LogP contribution >= 0.6 is 0 Å². The zero-order valence-corrected chi connectivity index (χ0v) is 17.8. The van der Waals surface area contributed by atoms with Crippen molar-refractivity contribution in [3.05, 3.63) is 59.2 Å². The Balaban J connectivity index is 1.39. The van der Waals surface area contributed by atoms with Gasteiger partial charge in [-0.2, -0.15) is 0 Å². The number of ether oxygens (including phenoxy) is 1. The van der Waals surface area contributed by atoms with Crippen LogP contribution in [0.4, 0.5) is 10.5 Å². The summed E-state index contributed by atoms with van der Waals surface area (Å²) in [6.45, 7) is 2.13. The van der Waals surface area contributed by atoms with Gasteiger partial charge in [0.25, 0.3) is 5.91 Å². The number of carbonyl (C=O) groups excluding carboxylic acids is 4. The fourth-order valence-electron chi connectivity index (χ4n) is 3.99. The fraction of sp³-hybridized carbons (Fsp3) is 0.304. The lowest BCUT2D eigenvalue weighted by atomic mass is 10.0. The van der Waals surface area contributed by atoms with Crippen LogP contribution in [0.5, 0.6) is 5.75 Å². The molecule has 32 heavy (non-hydrogen) atoms. The van der Waals surface area contributed by atoms with Gasteiger partial charge in [-0.25, -0.2) is 4.79 Å². The maximum absolute atomic E-state index is 12.8. The number of rotatable bonds is 5. The van der Waals surface area contributed by atoms with Crippen LogP contribution in [0.1, 0.15) is 47.3 Å². The number of hydrogen-bond acceptors (Lipinski definition) is 5. The summed E-state index contributed by atoms with van der Waals surface area (Å²) in [4.78, 5) is 50.2. The van der Waals surface area contributed by atoms with Crippen molar-refractivity contribution < 1.29 is 23.9 Å². The Kier molecular flexibility index (Phi) is 5.81. The van der Waals surface area contributed by atoms with Crippen LogP contribution in [0, 0.1) is 0 Å². The number of amides is 5. The third-order valence-electron chi connectivity index (χ3n) is 5.74. The molecule has 1 saturated heterocycles. The summed E-state index contributed by atoms with van der Waals surface area (Å²) in [5.74, 6) is -0.285. The summed E-state index contributed by atoms with van der Waals surface area (Å²) < 4.78 is 5.15. The Hall–Kier alpha value is -3.88. The van der Waals surface area contributed by atoms with E-state index in [0.29, 0.717) is 17.7 Å². The predicted octanol–water partition coefficient (Wildman–Crippen LogP) is 2.34. The molecule has 0 saturated carbocycles. The first-order valence-corrected chi connectivity index (χ1v) is 10.3. The first kappa shape index (κ1) is 21.4. The van der Waals surface area contributed by atoms with Crippen LogP contribution < -0.4 is 20.7 Å². The van der Waals surface area contributed by atoms with Gasteiger partial charge < -0.3 is 20.3 Å². The monoisotopic (exact) mass is 436 g/mol. The maximum atomic E-state index is 12.8. The fourth-order valence-corrected chi connectivity index (χ4v) is 3.99. The van der Waals surface area contributed by atoms with Gasteiger partial charge in [0.1, 0.15) is 11.8 Å². The number of carbonyl (C=O) groups is 4. The summed E-state index contributed by atoms with van der Waals surface area (Å²) in [7, 11) is 1.60. The van der Waals surface area contributed by atoms with Crippen molar-refractivity contribution in [2.24, 2.45) is 0 Å². The molecule has 2 aromatic rings. The average molecular weight is 436 g/mol. The molecule has 166 valence electrons. The predicted molar refractivity (Wildman–Crippen MR) is 116 cm³/mol. The van der Waals surface area contributed by atoms with E-state index in [-0.39, 0.29) is 36.9 Å². The second-order valence-electron chi connectivity index (χ2n) is 7.87. The Morgan fingerprint density at radius 2 is 1.91 bits per heavy atom. The molecule has 0 aliphatic carbocycles. The molecule has 0 bridgehead atoms. The molecule has 9 heteroatoms. The molecule has 4 rings (SSSR count). The smallest absolute Gasteiger partial charge is 0.319 e. The van der Waals surface area contributed by atoms with E-state index >= 15 is 0 Å². The van der Waals surface area contributed by atoms with Gasteiger partial charge in [-0.3, -0.25) is 19.7 Å². The average Bonchev–Trinajstić information content (AvgIpc) is 3.09. The molecular formula is C23H24N4O5. The Morgan fingerprint density at radius 1 is 1.16 bits per heavy atom. The second kappa shape index (κ2) is 8.70. The van der Waals surface area contributed by atoms with E-state index in [0.717, 1.165) is 16.9 Å². The summed E-state index contributed by atoms with van der Waals surface area (Å²) in [6, 6.07) is 11.2. The molecule has 2 aliphatic rings. The Labute approximate surface area is 185 Å². The van der Waals surface area contributed by atoms with Gasteiger partial charge in [-0.05, 0) is 54.8 Å². The van der Waals surface area contributed by atoms with Gasteiger partial charge in [0.2, 0.25) is 11.8 Å². The van der Waals surface area contributed by atoms with Gasteiger partial charge in [0.15, 0.2) is 0 Å². The van der Waals surface area contributed by atoms with E-state index in [9.17, 15) is 19.2 Å². The van der Waals surface area contributed by atoms with Crippen LogP contribution in [0.3, 0.4) is 0 Å². The third kappa shape index (κ3) is 4.27. The van der Waals surface area contributed by atoms with Gasteiger partial charge in [0.05, 0.1) is 13.2 Å². The number of methoxy groups -OCH3 is 1. The van der Waals surface area contributed by atoms with Crippen molar-refractivity contribution >= 4 is 29.4 Å². The van der Waals surface area contributed by atoms with Crippen LogP contribution in [0.15, 0.2) is 42.5 Å². The largest absolute Gasteiger partial charge is 0.497 e. The summed E-state index contributed by atoms with van der Waals surface area (Å²) in [6.07, 6.45) is 0.511. The Bertz CT molecular complexity index is 1080. The first-order valence-electron chi connectivity index (χ1n) is 10.3. The van der Waals surface area contributed by atoms with Crippen LogP contribution in [-0.4, -0.2) is 41.8 Å². The highest BCUT2D eigenvalue weighted by Gasteiger charge is 2.39. The molecule has 2 atom stereocenters. The van der Waals surface area contributed by atoms with Crippen LogP contribution in [0.25, 0.3) is 0 Å². The molecule has 0 radical (unpaired) electrons. The van der Waals surface area contributed by atoms with Crippen molar-refractivity contribution in [2.45, 2.75) is 38.4 Å². The summed E-state index contributed by atoms with van der Waals surface area (Å²) in [5, 5.41) is 7.95. The normalized spacial score (nSPS) is 18.6. The third-order valence-corrected chi connectivity index (χ3v) is 5.74. The molecular weight excluding hydrogens is 412 g/mol. The standard InChI is InChI=1S/C23H24N4O5/c1-13(14-3-6-17(32-2)7-4-14)24-23(31)25-16-5-8-18-15(11-16)12-27(22(18)30)19-9-10-20(28)26-21(19)29/h3-8,11,13,19H,9-10,12H2,1-2H3,(H2,24,25,31)(H,26,28,29)/t13-,19?/m1/s1. The number of nitrogens with one attached hydrogen (secondary N) is 3. The lowest BCUT2D eigenvalue weighted by Crippen LogP contribution is -2.52. The number of hydrogen-bond donors (Lipinski definition) is 3. The van der Waals surface area contributed by atoms with E-state index in [4.69, 9.17) is 4.74 Å². The highest BCUT2D eigenvalue weighted by Crippen LogP contribution is 2.29. The molecule has 9 nitrogen and oxygen atoms in total. The van der Waals surface area contributed by atoms with Crippen LogP contribution in [0.2, 0.25) is 0 Å². The maximum Gasteiger partial charge on any atom is 0.319 e. The van der Waals surface area contributed by atoms with Crippen LogP contribution in [-0.2, 0) is 16.1 Å². The molecule has 0 spiro atoms. The zero-order chi connectivity index (χ0) is 22.8. The van der Waals surface area contributed by atoms with Crippen molar-refractivity contribution in [1.82, 2.24) is 15.5 Å². The van der Waals surface area contributed by atoms with E-state index in [1.807, 2.05) is 31.2 Å². The highest BCUT2D eigenvalue weighted by atomic mass is 16.5. The molecule has 3 N–H and O–H groups in total. The van der Waals surface area contributed by atoms with Gasteiger partial charge in [0, 0.05) is 24.2 Å². The van der Waals surface area contributed by atoms with Crippen molar-refractivity contribution in [3.8, 4) is 5.75 Å². The number of benzene rings is 2. The van der Waals surface area contributed by atoms with E-state index in [1.165, 1.54) is 4.90 Å². The SMILES string of the molecule is COc1ccc([C@@H](C)NC(=O)Nc2ccc3c(c2)CN(C2CCC(=O)NC2=O)C3=O)cc1. The van der Waals surface area contributed by atoms with E-state index < -0.39 is 11.9 Å². The second-order valence-corrected chi connectivity index (χ2v) is 7.87. The molecule has 1 unspecified atom stereocenters. The molecule has 2 heterocycles. The van der Waals surface area contributed by atoms with Crippen molar-refractivity contribution in [3.63, 3.8) is 0 Å². The number of fused-ring (bicyclic) bond motifs is 1. The molecule has 5 amide bonds.